The van der Waals surface area contributed by atoms with E-state index in [0.717, 1.165) is 6.42 Å². The average molecular weight is 225 g/mol. The van der Waals surface area contributed by atoms with E-state index in [-0.39, 0.29) is 5.91 Å². The van der Waals surface area contributed by atoms with Gasteiger partial charge in [0.15, 0.2) is 6.10 Å². The van der Waals surface area contributed by atoms with Crippen LogP contribution in [-0.2, 0) is 14.3 Å². The number of carbonyl (C=O) groups is 2. The van der Waals surface area contributed by atoms with Crippen molar-refractivity contribution in [1.29, 1.82) is 0 Å². The molecule has 5 heteroatoms. The second-order valence-electron chi connectivity index (χ2n) is 4.07. The van der Waals surface area contributed by atoms with Crippen LogP contribution in [0.1, 0.15) is 19.3 Å². The molecule has 5 nitrogen and oxygen atoms in total. The van der Waals surface area contributed by atoms with Crippen LogP contribution in [0.5, 0.6) is 0 Å². The summed E-state index contributed by atoms with van der Waals surface area (Å²) in [5.41, 5.74) is 0. The first-order valence-corrected chi connectivity index (χ1v) is 5.50. The number of hydrogen-bond donors (Lipinski definition) is 1. The summed E-state index contributed by atoms with van der Waals surface area (Å²) in [4.78, 5) is 24.3. The minimum Gasteiger partial charge on any atom is -0.479 e. The fraction of sp³-hybridized carbons (Fsp3) is 0.636. The minimum atomic E-state index is -0.978. The number of carbonyl (C=O) groups excluding carboxylic acids is 1. The zero-order valence-electron chi connectivity index (χ0n) is 8.96. The fourth-order valence-electron chi connectivity index (χ4n) is 2.05. The lowest BCUT2D eigenvalue weighted by Crippen LogP contribution is -2.41. The van der Waals surface area contributed by atoms with Gasteiger partial charge in [-0.25, -0.2) is 4.79 Å². The highest BCUT2D eigenvalue weighted by atomic mass is 16.5. The van der Waals surface area contributed by atoms with Crippen LogP contribution in [0.25, 0.3) is 0 Å². The number of nitrogens with zero attached hydrogens (tertiary/aromatic N) is 1. The molecule has 0 bridgehead atoms. The van der Waals surface area contributed by atoms with Crippen molar-refractivity contribution in [2.45, 2.75) is 31.5 Å². The Bertz CT molecular complexity index is 326. The van der Waals surface area contributed by atoms with Crippen LogP contribution in [0.4, 0.5) is 0 Å². The predicted octanol–water partition coefficient (Wildman–Crippen LogP) is 0.407. The number of ether oxygens (including phenoxy) is 1. The molecule has 0 saturated carbocycles. The molecule has 1 N–H and O–H groups in total. The quantitative estimate of drug-likeness (QED) is 0.691. The first kappa shape index (κ1) is 11.1. The molecule has 0 unspecified atom stereocenters. The van der Waals surface area contributed by atoms with Gasteiger partial charge < -0.3 is 14.7 Å². The Morgan fingerprint density at radius 3 is 2.56 bits per heavy atom. The van der Waals surface area contributed by atoms with Gasteiger partial charge in [0, 0.05) is 13.1 Å². The number of hydrogen-bond acceptors (Lipinski definition) is 3. The molecule has 0 radical (unpaired) electrons. The van der Waals surface area contributed by atoms with Crippen molar-refractivity contribution in [3.05, 3.63) is 12.2 Å². The highest BCUT2D eigenvalue weighted by Crippen LogP contribution is 2.22. The summed E-state index contributed by atoms with van der Waals surface area (Å²) in [5.74, 6) is -1.05. The summed E-state index contributed by atoms with van der Waals surface area (Å²) in [6, 6.07) is 0. The molecule has 2 heterocycles. The second kappa shape index (κ2) is 4.65. The standard InChI is InChI=1S/C11H15NO4/c13-10(12-6-2-1-3-7-12)8-4-5-9(16-8)11(14)15/h1-2,8-9H,3-7H2,(H,14,15)/t8-,9+/m0/s1. The SMILES string of the molecule is O=C(O)[C@H]1CC[C@@H](C(=O)N2CC=CCC2)O1. The van der Waals surface area contributed by atoms with Crippen LogP contribution in [0, 0.1) is 0 Å². The van der Waals surface area contributed by atoms with Gasteiger partial charge in [-0.05, 0) is 19.3 Å². The Morgan fingerprint density at radius 1 is 1.25 bits per heavy atom. The van der Waals surface area contributed by atoms with E-state index in [4.69, 9.17) is 9.84 Å². The summed E-state index contributed by atoms with van der Waals surface area (Å²) in [5, 5.41) is 8.76. The zero-order chi connectivity index (χ0) is 11.5. The van der Waals surface area contributed by atoms with Crippen LogP contribution in [0.2, 0.25) is 0 Å². The third kappa shape index (κ3) is 2.24. The maximum atomic E-state index is 11.9. The largest absolute Gasteiger partial charge is 0.479 e. The van der Waals surface area contributed by atoms with E-state index in [9.17, 15) is 9.59 Å². The molecule has 0 spiro atoms. The van der Waals surface area contributed by atoms with Crippen LogP contribution < -0.4 is 0 Å². The Hall–Kier alpha value is -1.36. The van der Waals surface area contributed by atoms with Crippen LogP contribution in [-0.4, -0.2) is 47.2 Å². The molecule has 2 atom stereocenters. The van der Waals surface area contributed by atoms with Gasteiger partial charge in [-0.1, -0.05) is 12.2 Å². The molecule has 0 aromatic rings. The lowest BCUT2D eigenvalue weighted by molar-refractivity contribution is -0.154. The Balaban J connectivity index is 1.91. The van der Waals surface area contributed by atoms with Gasteiger partial charge in [-0.2, -0.15) is 0 Å². The lowest BCUT2D eigenvalue weighted by Gasteiger charge is -2.26. The highest BCUT2D eigenvalue weighted by Gasteiger charge is 2.36. The molecule has 88 valence electrons. The number of carboxylic acid groups (broad SMARTS) is 1. The predicted molar refractivity (Wildman–Crippen MR) is 55.9 cm³/mol. The molecule has 16 heavy (non-hydrogen) atoms. The van der Waals surface area contributed by atoms with Crippen molar-refractivity contribution in [3.8, 4) is 0 Å². The lowest BCUT2D eigenvalue weighted by atomic mass is 10.1. The molecule has 0 aliphatic carbocycles. The molecule has 0 aromatic heterocycles. The first-order valence-electron chi connectivity index (χ1n) is 5.50. The van der Waals surface area contributed by atoms with Crippen molar-refractivity contribution >= 4 is 11.9 Å². The molecule has 1 amide bonds. The third-order valence-corrected chi connectivity index (χ3v) is 2.94. The number of carboxylic acids is 1. The van der Waals surface area contributed by atoms with E-state index in [1.807, 2.05) is 12.2 Å². The van der Waals surface area contributed by atoms with E-state index >= 15 is 0 Å². The zero-order valence-corrected chi connectivity index (χ0v) is 8.96. The van der Waals surface area contributed by atoms with E-state index < -0.39 is 18.2 Å². The normalized spacial score (nSPS) is 29.4. The van der Waals surface area contributed by atoms with Gasteiger partial charge in [-0.3, -0.25) is 4.79 Å². The molecule has 2 aliphatic heterocycles. The number of amides is 1. The fourth-order valence-corrected chi connectivity index (χ4v) is 2.05. The van der Waals surface area contributed by atoms with Gasteiger partial charge in [-0.15, -0.1) is 0 Å². The van der Waals surface area contributed by atoms with Crippen molar-refractivity contribution in [2.24, 2.45) is 0 Å². The van der Waals surface area contributed by atoms with E-state index in [1.54, 1.807) is 4.90 Å². The maximum Gasteiger partial charge on any atom is 0.332 e. The molecular formula is C11H15NO4. The van der Waals surface area contributed by atoms with Gasteiger partial charge in [0.1, 0.15) is 6.10 Å². The van der Waals surface area contributed by atoms with Crippen LogP contribution >= 0.6 is 0 Å². The number of rotatable bonds is 2. The Kier molecular flexibility index (Phi) is 3.24. The monoisotopic (exact) mass is 225 g/mol. The molecular weight excluding hydrogens is 210 g/mol. The second-order valence-corrected chi connectivity index (χ2v) is 4.07. The van der Waals surface area contributed by atoms with E-state index in [0.29, 0.717) is 25.9 Å². The molecule has 1 saturated heterocycles. The van der Waals surface area contributed by atoms with E-state index in [2.05, 4.69) is 0 Å². The van der Waals surface area contributed by atoms with Gasteiger partial charge in [0.2, 0.25) is 0 Å². The van der Waals surface area contributed by atoms with Crippen molar-refractivity contribution in [3.63, 3.8) is 0 Å². The minimum absolute atomic E-state index is 0.0758. The van der Waals surface area contributed by atoms with Crippen LogP contribution in [0.3, 0.4) is 0 Å². The Labute approximate surface area is 93.7 Å². The molecule has 1 fully saturated rings. The van der Waals surface area contributed by atoms with Gasteiger partial charge >= 0.3 is 5.97 Å². The maximum absolute atomic E-state index is 11.9. The topological polar surface area (TPSA) is 66.8 Å². The third-order valence-electron chi connectivity index (χ3n) is 2.94. The summed E-state index contributed by atoms with van der Waals surface area (Å²) in [6.45, 7) is 1.31. The van der Waals surface area contributed by atoms with E-state index in [1.165, 1.54) is 0 Å². The molecule has 2 aliphatic rings. The highest BCUT2D eigenvalue weighted by molar-refractivity contribution is 5.83. The smallest absolute Gasteiger partial charge is 0.332 e. The number of aliphatic carboxylic acids is 1. The molecule has 2 rings (SSSR count). The van der Waals surface area contributed by atoms with Crippen molar-refractivity contribution < 1.29 is 19.4 Å². The van der Waals surface area contributed by atoms with Gasteiger partial charge in [0.25, 0.3) is 5.91 Å². The Morgan fingerprint density at radius 2 is 2.00 bits per heavy atom. The van der Waals surface area contributed by atoms with Crippen molar-refractivity contribution in [2.75, 3.05) is 13.1 Å². The van der Waals surface area contributed by atoms with Crippen LogP contribution in [0.15, 0.2) is 12.2 Å². The van der Waals surface area contributed by atoms with Crippen molar-refractivity contribution in [1.82, 2.24) is 4.90 Å². The first-order chi connectivity index (χ1) is 7.68. The van der Waals surface area contributed by atoms with Gasteiger partial charge in [0.05, 0.1) is 0 Å². The average Bonchev–Trinajstić information content (AvgIpc) is 2.78. The summed E-state index contributed by atoms with van der Waals surface area (Å²) >= 11 is 0. The summed E-state index contributed by atoms with van der Waals surface area (Å²) < 4.78 is 5.22. The summed E-state index contributed by atoms with van der Waals surface area (Å²) in [6.07, 6.45) is 4.42. The molecule has 0 aromatic carbocycles. The summed E-state index contributed by atoms with van der Waals surface area (Å²) in [7, 11) is 0.